The number of hydrogen-bond donors (Lipinski definition) is 1. The largest absolute Gasteiger partial charge is 0.480 e. The van der Waals surface area contributed by atoms with E-state index in [0.29, 0.717) is 24.4 Å². The fourth-order valence-corrected chi connectivity index (χ4v) is 4.70. The van der Waals surface area contributed by atoms with Crippen LogP contribution in [0.25, 0.3) is 0 Å². The second-order valence-electron chi connectivity index (χ2n) is 6.71. The Hall–Kier alpha value is -0.940. The Morgan fingerprint density at radius 3 is 2.90 bits per heavy atom. The van der Waals surface area contributed by atoms with Crippen LogP contribution in [0.5, 0.6) is 0 Å². The van der Waals surface area contributed by atoms with Gasteiger partial charge >= 0.3 is 5.97 Å². The molecule has 2 fully saturated rings. The second kappa shape index (κ2) is 6.05. The summed E-state index contributed by atoms with van der Waals surface area (Å²) >= 11 is 1.69. The van der Waals surface area contributed by atoms with E-state index in [1.165, 1.54) is 19.3 Å². The molecular weight excluding hydrogens is 284 g/mol. The van der Waals surface area contributed by atoms with Gasteiger partial charge < -0.3 is 5.11 Å². The van der Waals surface area contributed by atoms with Crippen molar-refractivity contribution in [1.29, 1.82) is 0 Å². The van der Waals surface area contributed by atoms with Gasteiger partial charge in [0, 0.05) is 23.9 Å². The van der Waals surface area contributed by atoms with Gasteiger partial charge in [-0.3, -0.25) is 9.69 Å². The Morgan fingerprint density at radius 2 is 2.24 bits per heavy atom. The summed E-state index contributed by atoms with van der Waals surface area (Å²) in [6.45, 7) is 4.99. The summed E-state index contributed by atoms with van der Waals surface area (Å²) in [6.07, 6.45) is 5.66. The van der Waals surface area contributed by atoms with Gasteiger partial charge in [-0.1, -0.05) is 26.7 Å². The Labute approximate surface area is 130 Å². The molecule has 1 saturated carbocycles. The van der Waals surface area contributed by atoms with E-state index in [-0.39, 0.29) is 6.04 Å². The molecule has 2 aliphatic rings. The van der Waals surface area contributed by atoms with Crippen LogP contribution in [0.2, 0.25) is 0 Å². The van der Waals surface area contributed by atoms with Crippen molar-refractivity contribution in [3.8, 4) is 0 Å². The molecule has 5 heteroatoms. The van der Waals surface area contributed by atoms with Crippen LogP contribution in [-0.2, 0) is 11.3 Å². The molecule has 1 N–H and O–H groups in total. The first-order chi connectivity index (χ1) is 10.1. The van der Waals surface area contributed by atoms with Crippen LogP contribution < -0.4 is 0 Å². The van der Waals surface area contributed by atoms with E-state index in [9.17, 15) is 9.90 Å². The Balaban J connectivity index is 1.78. The first-order valence-electron chi connectivity index (χ1n) is 7.99. The monoisotopic (exact) mass is 308 g/mol. The highest BCUT2D eigenvalue weighted by molar-refractivity contribution is 7.09. The maximum Gasteiger partial charge on any atom is 0.320 e. The van der Waals surface area contributed by atoms with Crippen LogP contribution in [0.1, 0.15) is 62.6 Å². The maximum absolute atomic E-state index is 11.6. The third-order valence-corrected chi connectivity index (χ3v) is 6.11. The van der Waals surface area contributed by atoms with Crippen molar-refractivity contribution in [3.63, 3.8) is 0 Å². The van der Waals surface area contributed by atoms with Gasteiger partial charge in [-0.15, -0.1) is 11.3 Å². The minimum absolute atomic E-state index is 0.317. The summed E-state index contributed by atoms with van der Waals surface area (Å²) < 4.78 is 0. The van der Waals surface area contributed by atoms with Crippen LogP contribution in [-0.4, -0.2) is 33.0 Å². The number of hydrogen-bond acceptors (Lipinski definition) is 4. The Kier molecular flexibility index (Phi) is 4.31. The molecule has 0 unspecified atom stereocenters. The highest BCUT2D eigenvalue weighted by atomic mass is 32.1. The minimum atomic E-state index is -0.663. The van der Waals surface area contributed by atoms with Crippen LogP contribution >= 0.6 is 11.3 Å². The molecule has 1 saturated heterocycles. The molecule has 0 aromatic carbocycles. The van der Waals surface area contributed by atoms with Crippen molar-refractivity contribution in [3.05, 3.63) is 16.1 Å². The predicted molar refractivity (Wildman–Crippen MR) is 83.5 cm³/mol. The lowest BCUT2D eigenvalue weighted by atomic mass is 9.85. The third kappa shape index (κ3) is 2.99. The maximum atomic E-state index is 11.6. The number of carboxylic acid groups (broad SMARTS) is 1. The molecule has 0 bridgehead atoms. The SMILES string of the molecule is CC(C)c1nc(CN2[C@H](C(=O)O)C[C@H]3CCCC[C@@H]32)cs1. The number of aromatic nitrogens is 1. The van der Waals surface area contributed by atoms with Crippen molar-refractivity contribution in [1.82, 2.24) is 9.88 Å². The van der Waals surface area contributed by atoms with E-state index < -0.39 is 5.97 Å². The van der Waals surface area contributed by atoms with Crippen molar-refractivity contribution in [2.75, 3.05) is 0 Å². The molecule has 2 heterocycles. The summed E-state index contributed by atoms with van der Waals surface area (Å²) in [4.78, 5) is 18.5. The van der Waals surface area contributed by atoms with Gasteiger partial charge in [0.1, 0.15) is 6.04 Å². The van der Waals surface area contributed by atoms with Gasteiger partial charge in [0.2, 0.25) is 0 Å². The lowest BCUT2D eigenvalue weighted by Crippen LogP contribution is -2.41. The lowest BCUT2D eigenvalue weighted by Gasteiger charge is -2.32. The van der Waals surface area contributed by atoms with Crippen LogP contribution in [0.4, 0.5) is 0 Å². The van der Waals surface area contributed by atoms with E-state index in [1.807, 2.05) is 0 Å². The topological polar surface area (TPSA) is 53.4 Å². The molecule has 1 aliphatic heterocycles. The summed E-state index contributed by atoms with van der Waals surface area (Å²) in [7, 11) is 0. The third-order valence-electron chi connectivity index (χ3n) is 4.91. The summed E-state index contributed by atoms with van der Waals surface area (Å²) in [5, 5.41) is 12.8. The first kappa shape index (κ1) is 15.0. The number of carbonyl (C=O) groups is 1. The van der Waals surface area contributed by atoms with Gasteiger partial charge in [-0.05, 0) is 25.2 Å². The average molecular weight is 308 g/mol. The highest BCUT2D eigenvalue weighted by Gasteiger charge is 2.45. The number of likely N-dealkylation sites (tertiary alicyclic amines) is 1. The molecule has 1 aliphatic carbocycles. The van der Waals surface area contributed by atoms with Gasteiger partial charge in [0.05, 0.1) is 10.7 Å². The molecular formula is C16H24N2O2S. The first-order valence-corrected chi connectivity index (χ1v) is 8.87. The zero-order valence-electron chi connectivity index (χ0n) is 12.8. The normalized spacial score (nSPS) is 29.8. The minimum Gasteiger partial charge on any atom is -0.480 e. The summed E-state index contributed by atoms with van der Waals surface area (Å²) in [5.74, 6) is 0.354. The van der Waals surface area contributed by atoms with Crippen molar-refractivity contribution in [2.45, 2.75) is 70.5 Å². The van der Waals surface area contributed by atoms with Gasteiger partial charge in [0.25, 0.3) is 0 Å². The molecule has 116 valence electrons. The molecule has 1 aromatic rings. The van der Waals surface area contributed by atoms with E-state index in [2.05, 4.69) is 29.1 Å². The molecule has 1 aromatic heterocycles. The van der Waals surface area contributed by atoms with Crippen molar-refractivity contribution in [2.24, 2.45) is 5.92 Å². The zero-order valence-corrected chi connectivity index (χ0v) is 13.6. The van der Waals surface area contributed by atoms with E-state index in [1.54, 1.807) is 11.3 Å². The quantitative estimate of drug-likeness (QED) is 0.925. The second-order valence-corrected chi connectivity index (χ2v) is 7.60. The van der Waals surface area contributed by atoms with Crippen LogP contribution in [0.15, 0.2) is 5.38 Å². The molecule has 0 amide bonds. The number of rotatable bonds is 4. The predicted octanol–water partition coefficient (Wildman–Crippen LogP) is 3.48. The van der Waals surface area contributed by atoms with E-state index in [0.717, 1.165) is 23.5 Å². The van der Waals surface area contributed by atoms with Crippen LogP contribution in [0, 0.1) is 5.92 Å². The summed E-state index contributed by atoms with van der Waals surface area (Å²) in [5.41, 5.74) is 1.04. The molecule has 4 nitrogen and oxygen atoms in total. The Bertz CT molecular complexity index is 514. The average Bonchev–Trinajstić information content (AvgIpc) is 3.05. The van der Waals surface area contributed by atoms with E-state index in [4.69, 9.17) is 0 Å². The molecule has 21 heavy (non-hydrogen) atoms. The smallest absolute Gasteiger partial charge is 0.320 e. The molecule has 3 rings (SSSR count). The van der Waals surface area contributed by atoms with E-state index >= 15 is 0 Å². The summed E-state index contributed by atoms with van der Waals surface area (Å²) in [6, 6.07) is 0.131. The number of carboxylic acids is 1. The van der Waals surface area contributed by atoms with Crippen molar-refractivity contribution >= 4 is 17.3 Å². The molecule has 0 spiro atoms. The van der Waals surface area contributed by atoms with Crippen LogP contribution in [0.3, 0.4) is 0 Å². The number of aliphatic carboxylic acids is 1. The number of thiazole rings is 1. The zero-order chi connectivity index (χ0) is 15.0. The molecule has 0 radical (unpaired) electrons. The lowest BCUT2D eigenvalue weighted by molar-refractivity contribution is -0.142. The fraction of sp³-hybridized carbons (Fsp3) is 0.750. The Morgan fingerprint density at radius 1 is 1.48 bits per heavy atom. The number of fused-ring (bicyclic) bond motifs is 1. The fourth-order valence-electron chi connectivity index (χ4n) is 3.87. The standard InChI is InChI=1S/C16H24N2O2S/c1-10(2)15-17-12(9-21-15)8-18-13-6-4-3-5-11(13)7-14(18)16(19)20/h9-11,13-14H,3-8H2,1-2H3,(H,19,20)/t11-,13+,14+/m1/s1. The van der Waals surface area contributed by atoms with Gasteiger partial charge in [-0.25, -0.2) is 4.98 Å². The van der Waals surface area contributed by atoms with Crippen molar-refractivity contribution < 1.29 is 9.90 Å². The highest BCUT2D eigenvalue weighted by Crippen LogP contribution is 2.40. The van der Waals surface area contributed by atoms with Gasteiger partial charge in [0.15, 0.2) is 0 Å². The molecule has 3 atom stereocenters. The van der Waals surface area contributed by atoms with Gasteiger partial charge in [-0.2, -0.15) is 0 Å². The number of nitrogens with zero attached hydrogens (tertiary/aromatic N) is 2.